The van der Waals surface area contributed by atoms with E-state index in [-0.39, 0.29) is 25.7 Å². The molecule has 0 rings (SSSR count). The lowest BCUT2D eigenvalue weighted by Crippen LogP contribution is -2.30. The van der Waals surface area contributed by atoms with Gasteiger partial charge in [-0.05, 0) is 43.4 Å². The van der Waals surface area contributed by atoms with Crippen molar-refractivity contribution >= 4 is 39.5 Å². The molecule has 0 aliphatic carbocycles. The van der Waals surface area contributed by atoms with Crippen molar-refractivity contribution in [2.24, 2.45) is 17.8 Å². The minimum Gasteiger partial charge on any atom is -0.462 e. The third kappa shape index (κ3) is 68.6. The summed E-state index contributed by atoms with van der Waals surface area (Å²) in [5.74, 6) is 0.0238. The minimum atomic E-state index is -4.96. The average Bonchev–Trinajstić information content (AvgIpc) is 1.13. The molecule has 5 atom stereocenters. The number of ether oxygens (including phenoxy) is 4. The first-order chi connectivity index (χ1) is 45.2. The van der Waals surface area contributed by atoms with Crippen LogP contribution in [0, 0.1) is 17.8 Å². The Morgan fingerprint density at radius 2 is 0.489 bits per heavy atom. The standard InChI is InChI=1S/C75H146O17P2/c1-8-9-10-11-12-13-14-15-16-17-18-19-20-21-22-23-24-25-26-36-44-51-58-74(79)91-70(62-85-72(77)56-49-42-35-29-27-32-39-46-53-66(2)3)64-89-93(81,82)87-60-69(76)61-88-94(83,84)90-65-71(63-86-73(78)57-50-43-38-31-34-41-48-55-68(6)7)92-75(80)59-52-45-37-30-28-33-40-47-54-67(4)5/h66-71,76H,8-65H2,1-7H3,(H,81,82)(H,83,84)/t69-,70-,71-/m1/s1. The maximum atomic E-state index is 13.1. The second kappa shape index (κ2) is 65.7. The number of carbonyl (C=O) groups excluding carboxylic acids is 4. The molecule has 17 nitrogen and oxygen atoms in total. The Labute approximate surface area is 575 Å². The van der Waals surface area contributed by atoms with Gasteiger partial charge in [0.25, 0.3) is 0 Å². The zero-order valence-corrected chi connectivity index (χ0v) is 63.2. The number of aliphatic hydroxyl groups is 1. The summed E-state index contributed by atoms with van der Waals surface area (Å²) in [6.45, 7) is 11.7. The van der Waals surface area contributed by atoms with Crippen LogP contribution < -0.4 is 0 Å². The molecule has 558 valence electrons. The molecule has 0 spiro atoms. The fourth-order valence-corrected chi connectivity index (χ4v) is 13.0. The van der Waals surface area contributed by atoms with Gasteiger partial charge in [0.1, 0.15) is 19.3 Å². The number of carbonyl (C=O) groups is 4. The predicted octanol–water partition coefficient (Wildman–Crippen LogP) is 21.8. The Morgan fingerprint density at radius 1 is 0.287 bits per heavy atom. The SMILES string of the molecule is CCCCCCCCCCCCCCCCCCCCCCCCC(=O)O[C@H](COC(=O)CCCCCCCCCCC(C)C)COP(=O)(O)OC[C@@H](O)COP(=O)(O)OC[C@@H](COC(=O)CCCCCCCCCC(C)C)OC(=O)CCCCCCCCCCC(C)C. The highest BCUT2D eigenvalue weighted by Crippen LogP contribution is 2.45. The molecule has 19 heteroatoms. The van der Waals surface area contributed by atoms with E-state index in [9.17, 15) is 43.2 Å². The lowest BCUT2D eigenvalue weighted by Gasteiger charge is -2.21. The first-order valence-electron chi connectivity index (χ1n) is 38.8. The number of hydrogen-bond donors (Lipinski definition) is 3. The molecule has 0 heterocycles. The van der Waals surface area contributed by atoms with Crippen LogP contribution in [0.15, 0.2) is 0 Å². The van der Waals surface area contributed by atoms with Crippen molar-refractivity contribution < 1.29 is 80.2 Å². The number of unbranched alkanes of at least 4 members (excludes halogenated alkanes) is 41. The Balaban J connectivity index is 5.16. The highest BCUT2D eigenvalue weighted by atomic mass is 31.2. The van der Waals surface area contributed by atoms with Crippen LogP contribution >= 0.6 is 15.6 Å². The van der Waals surface area contributed by atoms with Gasteiger partial charge in [-0.3, -0.25) is 37.3 Å². The van der Waals surface area contributed by atoms with Crippen LogP contribution in [-0.4, -0.2) is 96.7 Å². The van der Waals surface area contributed by atoms with Gasteiger partial charge < -0.3 is 33.8 Å². The monoisotopic (exact) mass is 1380 g/mol. The number of rotatable bonds is 73. The Kier molecular flexibility index (Phi) is 64.3. The van der Waals surface area contributed by atoms with Crippen LogP contribution in [-0.2, 0) is 65.4 Å². The van der Waals surface area contributed by atoms with Gasteiger partial charge in [-0.2, -0.15) is 0 Å². The molecule has 0 saturated carbocycles. The van der Waals surface area contributed by atoms with Gasteiger partial charge in [-0.25, -0.2) is 9.13 Å². The summed E-state index contributed by atoms with van der Waals surface area (Å²) in [5.41, 5.74) is 0. The number of phosphoric acid groups is 2. The molecule has 0 aromatic heterocycles. The summed E-state index contributed by atoms with van der Waals surface area (Å²) in [5, 5.41) is 10.6. The molecule has 0 aliphatic rings. The van der Waals surface area contributed by atoms with Crippen LogP contribution in [0.3, 0.4) is 0 Å². The van der Waals surface area contributed by atoms with E-state index >= 15 is 0 Å². The van der Waals surface area contributed by atoms with Crippen molar-refractivity contribution in [2.75, 3.05) is 39.6 Å². The highest BCUT2D eigenvalue weighted by Gasteiger charge is 2.30. The molecular weight excluding hydrogens is 1230 g/mol. The van der Waals surface area contributed by atoms with E-state index in [4.69, 9.17) is 37.0 Å². The van der Waals surface area contributed by atoms with Crippen LogP contribution in [0.5, 0.6) is 0 Å². The Hall–Kier alpha value is -1.94. The first-order valence-corrected chi connectivity index (χ1v) is 41.8. The fraction of sp³-hybridized carbons (Fsp3) is 0.947. The van der Waals surface area contributed by atoms with Crippen molar-refractivity contribution in [1.82, 2.24) is 0 Å². The number of phosphoric ester groups is 2. The third-order valence-electron chi connectivity index (χ3n) is 17.4. The van der Waals surface area contributed by atoms with Crippen LogP contribution in [0.4, 0.5) is 0 Å². The number of esters is 4. The van der Waals surface area contributed by atoms with Gasteiger partial charge in [0, 0.05) is 25.7 Å². The molecule has 0 saturated heterocycles. The van der Waals surface area contributed by atoms with Crippen molar-refractivity contribution in [2.45, 2.75) is 401 Å². The van der Waals surface area contributed by atoms with E-state index in [0.717, 1.165) is 108 Å². The van der Waals surface area contributed by atoms with Gasteiger partial charge in [0.15, 0.2) is 12.2 Å². The summed E-state index contributed by atoms with van der Waals surface area (Å²) in [6.07, 6.45) is 51.8. The Bertz CT molecular complexity index is 1840. The molecule has 0 radical (unpaired) electrons. The summed E-state index contributed by atoms with van der Waals surface area (Å²) in [6, 6.07) is 0. The smallest absolute Gasteiger partial charge is 0.462 e. The van der Waals surface area contributed by atoms with Crippen molar-refractivity contribution in [3.8, 4) is 0 Å². The molecule has 0 aromatic carbocycles. The highest BCUT2D eigenvalue weighted by molar-refractivity contribution is 7.47. The minimum absolute atomic E-state index is 0.103. The third-order valence-corrected chi connectivity index (χ3v) is 19.3. The van der Waals surface area contributed by atoms with Crippen molar-refractivity contribution in [3.05, 3.63) is 0 Å². The maximum Gasteiger partial charge on any atom is 0.472 e. The van der Waals surface area contributed by atoms with Crippen LogP contribution in [0.1, 0.15) is 382 Å². The topological polar surface area (TPSA) is 237 Å². The van der Waals surface area contributed by atoms with Gasteiger partial charge in [0.05, 0.1) is 26.4 Å². The van der Waals surface area contributed by atoms with E-state index in [1.807, 2.05) is 0 Å². The second-order valence-electron chi connectivity index (χ2n) is 28.5. The van der Waals surface area contributed by atoms with Gasteiger partial charge in [-0.15, -0.1) is 0 Å². The molecule has 0 aromatic rings. The summed E-state index contributed by atoms with van der Waals surface area (Å²) >= 11 is 0. The molecule has 0 amide bonds. The van der Waals surface area contributed by atoms with Crippen molar-refractivity contribution in [3.63, 3.8) is 0 Å². The zero-order chi connectivity index (χ0) is 69.4. The largest absolute Gasteiger partial charge is 0.472 e. The summed E-state index contributed by atoms with van der Waals surface area (Å²) in [4.78, 5) is 72.7. The van der Waals surface area contributed by atoms with Crippen molar-refractivity contribution in [1.29, 1.82) is 0 Å². The van der Waals surface area contributed by atoms with Gasteiger partial charge in [-0.1, -0.05) is 331 Å². The molecule has 2 unspecified atom stereocenters. The molecule has 3 N–H and O–H groups in total. The predicted molar refractivity (Wildman–Crippen MR) is 381 cm³/mol. The molecular formula is C75H146O17P2. The molecule has 94 heavy (non-hydrogen) atoms. The van der Waals surface area contributed by atoms with E-state index in [1.165, 1.54) is 186 Å². The lowest BCUT2D eigenvalue weighted by molar-refractivity contribution is -0.161. The average molecular weight is 1380 g/mol. The summed E-state index contributed by atoms with van der Waals surface area (Å²) < 4.78 is 68.4. The fourth-order valence-electron chi connectivity index (χ4n) is 11.4. The molecule has 0 fully saturated rings. The van der Waals surface area contributed by atoms with Gasteiger partial charge in [0.2, 0.25) is 0 Å². The van der Waals surface area contributed by atoms with Gasteiger partial charge >= 0.3 is 39.5 Å². The maximum absolute atomic E-state index is 13.1. The normalized spacial score (nSPS) is 14.1. The Morgan fingerprint density at radius 3 is 0.723 bits per heavy atom. The molecule has 0 bridgehead atoms. The summed E-state index contributed by atoms with van der Waals surface area (Å²) in [7, 11) is -9.91. The quantitative estimate of drug-likeness (QED) is 0.0222. The van der Waals surface area contributed by atoms with Crippen LogP contribution in [0.25, 0.3) is 0 Å². The van der Waals surface area contributed by atoms with E-state index < -0.39 is 97.5 Å². The van der Waals surface area contributed by atoms with E-state index in [1.54, 1.807) is 0 Å². The molecule has 0 aliphatic heterocycles. The zero-order valence-electron chi connectivity index (χ0n) is 61.4. The second-order valence-corrected chi connectivity index (χ2v) is 31.4. The first kappa shape index (κ1) is 92.1. The number of hydrogen-bond acceptors (Lipinski definition) is 15. The van der Waals surface area contributed by atoms with E-state index in [0.29, 0.717) is 31.6 Å². The number of aliphatic hydroxyl groups excluding tert-OH is 1. The van der Waals surface area contributed by atoms with E-state index in [2.05, 4.69) is 48.5 Å². The lowest BCUT2D eigenvalue weighted by atomic mass is 10.0. The van der Waals surface area contributed by atoms with Crippen LogP contribution in [0.2, 0.25) is 0 Å².